The summed E-state index contributed by atoms with van der Waals surface area (Å²) in [6.45, 7) is 6.39. The van der Waals surface area contributed by atoms with Crippen molar-refractivity contribution in [2.24, 2.45) is 0 Å². The van der Waals surface area contributed by atoms with Gasteiger partial charge in [0.2, 0.25) is 5.91 Å². The van der Waals surface area contributed by atoms with Gasteiger partial charge in [0.1, 0.15) is 24.4 Å². The second kappa shape index (κ2) is 5.64. The second-order valence-corrected chi connectivity index (χ2v) is 4.64. The third-order valence-corrected chi connectivity index (χ3v) is 2.75. The van der Waals surface area contributed by atoms with E-state index < -0.39 is 0 Å². The van der Waals surface area contributed by atoms with Crippen LogP contribution in [0.4, 0.5) is 0 Å². The molecule has 0 radical (unpaired) electrons. The molecule has 0 saturated heterocycles. The number of rotatable bonds is 5. The monoisotopic (exact) mass is 263 g/mol. The van der Waals surface area contributed by atoms with Gasteiger partial charge in [-0.15, -0.1) is 5.10 Å². The van der Waals surface area contributed by atoms with Crippen molar-refractivity contribution in [1.82, 2.24) is 25.1 Å². The van der Waals surface area contributed by atoms with Crippen molar-refractivity contribution in [3.8, 4) is 0 Å². The van der Waals surface area contributed by atoms with Gasteiger partial charge in [0.05, 0.1) is 6.54 Å². The zero-order chi connectivity index (χ0) is 13.8. The van der Waals surface area contributed by atoms with Gasteiger partial charge in [-0.1, -0.05) is 0 Å². The number of amides is 1. The van der Waals surface area contributed by atoms with Crippen LogP contribution < -0.4 is 0 Å². The third-order valence-electron chi connectivity index (χ3n) is 2.75. The van der Waals surface area contributed by atoms with E-state index >= 15 is 0 Å². The van der Waals surface area contributed by atoms with E-state index in [-0.39, 0.29) is 18.5 Å². The first-order valence-corrected chi connectivity index (χ1v) is 6.12. The lowest BCUT2D eigenvalue weighted by molar-refractivity contribution is -0.134. The fourth-order valence-electron chi connectivity index (χ4n) is 1.78. The maximum Gasteiger partial charge on any atom is 0.245 e. The Balaban J connectivity index is 2.05. The van der Waals surface area contributed by atoms with Crippen molar-refractivity contribution in [2.75, 3.05) is 0 Å². The van der Waals surface area contributed by atoms with Gasteiger partial charge < -0.3 is 9.32 Å². The van der Waals surface area contributed by atoms with Crippen LogP contribution in [0.5, 0.6) is 0 Å². The number of hydrogen-bond donors (Lipinski definition) is 0. The third kappa shape index (κ3) is 3.40. The minimum Gasteiger partial charge on any atom is -0.464 e. The molecule has 0 aromatic carbocycles. The molecule has 0 unspecified atom stereocenters. The number of aromatic nitrogens is 4. The van der Waals surface area contributed by atoms with E-state index in [9.17, 15) is 4.79 Å². The largest absolute Gasteiger partial charge is 0.464 e. The normalized spacial score (nSPS) is 10.9. The molecule has 0 aliphatic heterocycles. The fraction of sp³-hybridized carbons (Fsp3) is 0.500. The molecule has 0 fully saturated rings. The molecule has 0 aliphatic carbocycles. The van der Waals surface area contributed by atoms with Gasteiger partial charge >= 0.3 is 0 Å². The summed E-state index contributed by atoms with van der Waals surface area (Å²) < 4.78 is 6.92. The summed E-state index contributed by atoms with van der Waals surface area (Å²) >= 11 is 0. The minimum absolute atomic E-state index is 0.0450. The van der Waals surface area contributed by atoms with Crippen molar-refractivity contribution >= 4 is 5.91 Å². The molecular formula is C12H17N5O2. The van der Waals surface area contributed by atoms with Crippen LogP contribution in [0.2, 0.25) is 0 Å². The molecule has 1 amide bonds. The van der Waals surface area contributed by atoms with E-state index in [1.54, 1.807) is 4.90 Å². The standard InChI is InChI=1S/C12H17N5O2/c1-9(2)17(6-11-5-4-10(3)19-11)12(18)7-16-8-13-14-15-16/h4-5,8-9H,6-7H2,1-3H3. The average Bonchev–Trinajstić information content (AvgIpc) is 2.97. The summed E-state index contributed by atoms with van der Waals surface area (Å²) in [5.41, 5.74) is 0. The fourth-order valence-corrected chi connectivity index (χ4v) is 1.78. The summed E-state index contributed by atoms with van der Waals surface area (Å²) in [7, 11) is 0. The zero-order valence-corrected chi connectivity index (χ0v) is 11.3. The van der Waals surface area contributed by atoms with E-state index in [0.29, 0.717) is 6.54 Å². The van der Waals surface area contributed by atoms with Gasteiger partial charge in [0, 0.05) is 6.04 Å². The van der Waals surface area contributed by atoms with Crippen molar-refractivity contribution in [3.63, 3.8) is 0 Å². The van der Waals surface area contributed by atoms with Gasteiger partial charge in [-0.25, -0.2) is 4.68 Å². The molecule has 19 heavy (non-hydrogen) atoms. The summed E-state index contributed by atoms with van der Waals surface area (Å²) in [5.74, 6) is 1.57. The molecule has 7 nitrogen and oxygen atoms in total. The number of furan rings is 1. The van der Waals surface area contributed by atoms with Crippen LogP contribution in [0, 0.1) is 6.92 Å². The highest BCUT2D eigenvalue weighted by Crippen LogP contribution is 2.12. The molecule has 0 saturated carbocycles. The quantitative estimate of drug-likeness (QED) is 0.804. The highest BCUT2D eigenvalue weighted by atomic mass is 16.3. The van der Waals surface area contributed by atoms with Crippen LogP contribution in [0.3, 0.4) is 0 Å². The lowest BCUT2D eigenvalue weighted by atomic mass is 10.3. The number of aryl methyl sites for hydroxylation is 1. The summed E-state index contributed by atoms with van der Waals surface area (Å²) in [4.78, 5) is 14.0. The molecular weight excluding hydrogens is 246 g/mol. The van der Waals surface area contributed by atoms with Gasteiger partial charge in [-0.05, 0) is 43.3 Å². The highest BCUT2D eigenvalue weighted by molar-refractivity contribution is 5.76. The van der Waals surface area contributed by atoms with Gasteiger partial charge in [0.15, 0.2) is 0 Å². The number of hydrogen-bond acceptors (Lipinski definition) is 5. The Labute approximate surface area is 111 Å². The first kappa shape index (κ1) is 13.3. The Hall–Kier alpha value is -2.18. The first-order chi connectivity index (χ1) is 9.06. The molecule has 102 valence electrons. The Morgan fingerprint density at radius 2 is 2.26 bits per heavy atom. The van der Waals surface area contributed by atoms with Crippen molar-refractivity contribution in [3.05, 3.63) is 30.0 Å². The van der Waals surface area contributed by atoms with Crippen LogP contribution in [0.1, 0.15) is 25.4 Å². The zero-order valence-electron chi connectivity index (χ0n) is 11.3. The van der Waals surface area contributed by atoms with Crippen molar-refractivity contribution < 1.29 is 9.21 Å². The molecule has 2 heterocycles. The van der Waals surface area contributed by atoms with E-state index in [2.05, 4.69) is 15.5 Å². The molecule has 2 aromatic rings. The highest BCUT2D eigenvalue weighted by Gasteiger charge is 2.19. The topological polar surface area (TPSA) is 77.1 Å². The lowest BCUT2D eigenvalue weighted by Crippen LogP contribution is -2.38. The molecule has 2 aromatic heterocycles. The smallest absolute Gasteiger partial charge is 0.245 e. The maximum absolute atomic E-state index is 12.2. The van der Waals surface area contributed by atoms with Crippen LogP contribution in [-0.4, -0.2) is 37.1 Å². The molecule has 0 aliphatic rings. The van der Waals surface area contributed by atoms with Crippen molar-refractivity contribution in [2.45, 2.75) is 39.9 Å². The minimum atomic E-state index is -0.0450. The molecule has 7 heteroatoms. The first-order valence-electron chi connectivity index (χ1n) is 6.12. The predicted molar refractivity (Wildman–Crippen MR) is 66.9 cm³/mol. The van der Waals surface area contributed by atoms with E-state index in [1.165, 1.54) is 11.0 Å². The second-order valence-electron chi connectivity index (χ2n) is 4.64. The summed E-state index contributed by atoms with van der Waals surface area (Å²) in [6, 6.07) is 3.85. The molecule has 0 bridgehead atoms. The number of carbonyl (C=O) groups excluding carboxylic acids is 1. The van der Waals surface area contributed by atoms with Crippen LogP contribution in [0.15, 0.2) is 22.9 Å². The summed E-state index contributed by atoms with van der Waals surface area (Å²) in [5, 5.41) is 10.7. The Kier molecular flexibility index (Phi) is 3.94. The maximum atomic E-state index is 12.2. The molecule has 0 spiro atoms. The predicted octanol–water partition coefficient (Wildman–Crippen LogP) is 1.01. The van der Waals surface area contributed by atoms with Crippen LogP contribution in [0.25, 0.3) is 0 Å². The van der Waals surface area contributed by atoms with E-state index in [0.717, 1.165) is 11.5 Å². The number of carbonyl (C=O) groups is 1. The summed E-state index contributed by atoms with van der Waals surface area (Å²) in [6.07, 6.45) is 1.42. The number of tetrazole rings is 1. The van der Waals surface area contributed by atoms with Gasteiger partial charge in [-0.2, -0.15) is 0 Å². The molecule has 0 atom stereocenters. The van der Waals surface area contributed by atoms with Crippen LogP contribution in [-0.2, 0) is 17.9 Å². The van der Waals surface area contributed by atoms with E-state index in [4.69, 9.17) is 4.42 Å². The Bertz CT molecular complexity index is 532. The van der Waals surface area contributed by atoms with Gasteiger partial charge in [0.25, 0.3) is 0 Å². The van der Waals surface area contributed by atoms with Crippen molar-refractivity contribution in [1.29, 1.82) is 0 Å². The van der Waals surface area contributed by atoms with Crippen LogP contribution >= 0.6 is 0 Å². The molecule has 2 rings (SSSR count). The number of nitrogens with zero attached hydrogens (tertiary/aromatic N) is 5. The Morgan fingerprint density at radius 1 is 1.47 bits per heavy atom. The average molecular weight is 263 g/mol. The SMILES string of the molecule is Cc1ccc(CN(C(=O)Cn2cnnn2)C(C)C)o1. The van der Waals surface area contributed by atoms with Gasteiger partial charge in [-0.3, -0.25) is 4.79 Å². The van der Waals surface area contributed by atoms with E-state index in [1.807, 2.05) is 32.9 Å². The lowest BCUT2D eigenvalue weighted by Gasteiger charge is -2.25. The molecule has 0 N–H and O–H groups in total. The Morgan fingerprint density at radius 3 is 2.79 bits per heavy atom.